The Labute approximate surface area is 212 Å². The summed E-state index contributed by atoms with van der Waals surface area (Å²) < 4.78 is 8.46. The van der Waals surface area contributed by atoms with Crippen molar-refractivity contribution in [2.45, 2.75) is 50.8 Å². The number of rotatable bonds is 6. The lowest BCUT2D eigenvalue weighted by Gasteiger charge is -2.62. The van der Waals surface area contributed by atoms with Gasteiger partial charge >= 0.3 is 0 Å². The Morgan fingerprint density at radius 1 is 0.972 bits per heavy atom. The highest BCUT2D eigenvalue weighted by atomic mass is 16.5. The Hall–Kier alpha value is -2.96. The molecule has 6 heteroatoms. The van der Waals surface area contributed by atoms with E-state index in [1.54, 1.807) is 0 Å². The molecule has 7 rings (SSSR count). The van der Waals surface area contributed by atoms with Crippen molar-refractivity contribution < 1.29 is 4.74 Å². The van der Waals surface area contributed by atoms with Gasteiger partial charge in [-0.25, -0.2) is 4.98 Å². The molecule has 0 radical (unpaired) electrons. The summed E-state index contributed by atoms with van der Waals surface area (Å²) in [7, 11) is 4.44. The zero-order valence-electron chi connectivity index (χ0n) is 21.5. The summed E-state index contributed by atoms with van der Waals surface area (Å²) in [6.07, 6.45) is 11.0. The van der Waals surface area contributed by atoms with Gasteiger partial charge in [0.25, 0.3) is 0 Å². The monoisotopic (exact) mass is 481 g/mol. The Morgan fingerprint density at radius 2 is 1.78 bits per heavy atom. The van der Waals surface area contributed by atoms with E-state index in [0.29, 0.717) is 11.5 Å². The quantitative estimate of drug-likeness (QED) is 0.383. The highest BCUT2D eigenvalue weighted by Gasteiger charge is 2.54. The normalized spacial score (nSPS) is 23.7. The summed E-state index contributed by atoms with van der Waals surface area (Å²) in [4.78, 5) is 14.2. The van der Waals surface area contributed by atoms with E-state index in [0.717, 1.165) is 35.9 Å². The van der Waals surface area contributed by atoms with Crippen LogP contribution in [-0.4, -0.2) is 69.2 Å². The molecule has 3 aromatic heterocycles. The molecule has 4 aromatic rings. The molecule has 36 heavy (non-hydrogen) atoms. The lowest BCUT2D eigenvalue weighted by atomic mass is 9.60. The highest BCUT2D eigenvalue weighted by molar-refractivity contribution is 6.08. The first-order valence-corrected chi connectivity index (χ1v) is 13.4. The molecule has 0 amide bonds. The number of benzene rings is 1. The van der Waals surface area contributed by atoms with Gasteiger partial charge < -0.3 is 19.1 Å². The number of ether oxygens (including phenoxy) is 1. The third-order valence-corrected chi connectivity index (χ3v) is 9.29. The Morgan fingerprint density at radius 3 is 2.53 bits per heavy atom. The van der Waals surface area contributed by atoms with Gasteiger partial charge in [-0.05, 0) is 55.6 Å². The fourth-order valence-corrected chi connectivity index (χ4v) is 6.90. The number of nitrogens with zero attached hydrogens (tertiary/aromatic N) is 5. The van der Waals surface area contributed by atoms with Gasteiger partial charge in [0, 0.05) is 91.6 Å². The predicted octanol–water partition coefficient (Wildman–Crippen LogP) is 5.11. The predicted molar refractivity (Wildman–Crippen MR) is 144 cm³/mol. The van der Waals surface area contributed by atoms with Crippen molar-refractivity contribution in [3.63, 3.8) is 0 Å². The zero-order valence-corrected chi connectivity index (χ0v) is 21.5. The summed E-state index contributed by atoms with van der Waals surface area (Å²) in [5.74, 6) is 0.735. The van der Waals surface area contributed by atoms with Gasteiger partial charge in [-0.1, -0.05) is 19.1 Å². The van der Waals surface area contributed by atoms with Crippen LogP contribution in [-0.2, 0) is 7.05 Å². The molecule has 1 spiro atoms. The fraction of sp³-hybridized carbons (Fsp3) is 0.467. The molecule has 0 atom stereocenters. The van der Waals surface area contributed by atoms with Crippen LogP contribution in [0.3, 0.4) is 0 Å². The second-order valence-corrected chi connectivity index (χ2v) is 11.5. The summed E-state index contributed by atoms with van der Waals surface area (Å²) in [6.45, 7) is 6.11. The van der Waals surface area contributed by atoms with Crippen LogP contribution in [0.1, 0.15) is 32.6 Å². The molecule has 1 aromatic carbocycles. The number of likely N-dealkylation sites (tertiary alicyclic amines) is 1. The Balaban J connectivity index is 0.962. The molecule has 0 N–H and O–H groups in total. The molecule has 6 nitrogen and oxygen atoms in total. The summed E-state index contributed by atoms with van der Waals surface area (Å²) in [6, 6.07) is 14.3. The first-order valence-electron chi connectivity index (χ1n) is 13.4. The number of aromatic nitrogens is 3. The van der Waals surface area contributed by atoms with Gasteiger partial charge in [0.05, 0.1) is 5.52 Å². The maximum atomic E-state index is 6.23. The molecule has 186 valence electrons. The first kappa shape index (κ1) is 22.3. The number of fused-ring (bicyclic) bond motifs is 3. The first-order chi connectivity index (χ1) is 17.5. The second kappa shape index (κ2) is 8.29. The molecule has 3 fully saturated rings. The SMILES string of the molecule is CCN1CC2(CC(N(C)C3CC(Oc4ccc(-c5ccc6c7cnccc7n(C)c6c5)cn4)C3)C2)C1. The molecule has 1 aliphatic heterocycles. The molecular formula is C30H35N5O. The summed E-state index contributed by atoms with van der Waals surface area (Å²) in [5, 5.41) is 2.42. The van der Waals surface area contributed by atoms with Crippen molar-refractivity contribution in [3.8, 4) is 17.0 Å². The topological polar surface area (TPSA) is 46.4 Å². The van der Waals surface area contributed by atoms with Crippen LogP contribution in [0.15, 0.2) is 55.0 Å². The number of pyridine rings is 2. The molecule has 2 saturated carbocycles. The minimum Gasteiger partial charge on any atom is -0.474 e. The molecule has 3 aliphatic rings. The number of hydrogen-bond donors (Lipinski definition) is 0. The lowest BCUT2D eigenvalue weighted by Crippen LogP contribution is -2.67. The minimum atomic E-state index is 0.282. The second-order valence-electron chi connectivity index (χ2n) is 11.5. The fourth-order valence-electron chi connectivity index (χ4n) is 6.90. The van der Waals surface area contributed by atoms with Gasteiger partial charge in [0.1, 0.15) is 6.10 Å². The van der Waals surface area contributed by atoms with Gasteiger partial charge in [0.2, 0.25) is 5.88 Å². The maximum Gasteiger partial charge on any atom is 0.213 e. The minimum absolute atomic E-state index is 0.282. The van der Waals surface area contributed by atoms with E-state index >= 15 is 0 Å². The van der Waals surface area contributed by atoms with E-state index in [9.17, 15) is 0 Å². The van der Waals surface area contributed by atoms with Crippen LogP contribution in [0.4, 0.5) is 0 Å². The van der Waals surface area contributed by atoms with E-state index in [1.807, 2.05) is 24.7 Å². The van der Waals surface area contributed by atoms with Crippen molar-refractivity contribution in [1.82, 2.24) is 24.3 Å². The van der Waals surface area contributed by atoms with Crippen molar-refractivity contribution in [2.24, 2.45) is 12.5 Å². The Kier molecular flexibility index (Phi) is 5.12. The van der Waals surface area contributed by atoms with Gasteiger partial charge in [-0.2, -0.15) is 0 Å². The van der Waals surface area contributed by atoms with Crippen LogP contribution in [0, 0.1) is 5.41 Å². The van der Waals surface area contributed by atoms with Crippen LogP contribution >= 0.6 is 0 Å². The van der Waals surface area contributed by atoms with Crippen LogP contribution in [0.25, 0.3) is 32.9 Å². The average molecular weight is 482 g/mol. The van der Waals surface area contributed by atoms with Gasteiger partial charge in [0.15, 0.2) is 0 Å². The molecule has 1 saturated heterocycles. The molecular weight excluding hydrogens is 446 g/mol. The lowest BCUT2D eigenvalue weighted by molar-refractivity contribution is -0.122. The maximum absolute atomic E-state index is 6.23. The summed E-state index contributed by atoms with van der Waals surface area (Å²) in [5.41, 5.74) is 5.33. The van der Waals surface area contributed by atoms with Crippen LogP contribution in [0.5, 0.6) is 5.88 Å². The van der Waals surface area contributed by atoms with E-state index < -0.39 is 0 Å². The molecule has 0 unspecified atom stereocenters. The van der Waals surface area contributed by atoms with E-state index in [-0.39, 0.29) is 6.10 Å². The van der Waals surface area contributed by atoms with Gasteiger partial charge in [-0.15, -0.1) is 0 Å². The average Bonchev–Trinajstić information content (AvgIpc) is 3.11. The van der Waals surface area contributed by atoms with Crippen molar-refractivity contribution in [2.75, 3.05) is 26.7 Å². The van der Waals surface area contributed by atoms with Gasteiger partial charge in [-0.3, -0.25) is 4.98 Å². The molecule has 0 bridgehead atoms. The van der Waals surface area contributed by atoms with Crippen LogP contribution < -0.4 is 4.74 Å². The van der Waals surface area contributed by atoms with Crippen molar-refractivity contribution >= 4 is 21.8 Å². The van der Waals surface area contributed by atoms with E-state index in [2.05, 4.69) is 75.7 Å². The zero-order chi connectivity index (χ0) is 24.4. The highest BCUT2D eigenvalue weighted by Crippen LogP contribution is 2.51. The Bertz CT molecular complexity index is 1410. The number of aryl methyl sites for hydroxylation is 1. The van der Waals surface area contributed by atoms with E-state index in [1.165, 1.54) is 54.3 Å². The van der Waals surface area contributed by atoms with E-state index in [4.69, 9.17) is 4.74 Å². The third kappa shape index (κ3) is 3.53. The molecule has 2 aliphatic carbocycles. The smallest absolute Gasteiger partial charge is 0.213 e. The van der Waals surface area contributed by atoms with Crippen molar-refractivity contribution in [1.29, 1.82) is 0 Å². The third-order valence-electron chi connectivity index (χ3n) is 9.29. The molecule has 4 heterocycles. The largest absolute Gasteiger partial charge is 0.474 e. The number of hydrogen-bond acceptors (Lipinski definition) is 5. The standard InChI is InChI=1S/C30H35N5O/c1-4-35-18-30(19-35)14-23(15-30)33(2)22-12-24(13-22)36-29-8-6-21(16-32-29)20-5-7-25-26-17-31-10-9-27(26)34(3)28(25)11-20/h5-11,16-17,22-24H,4,12-15,18-19H2,1-3H3. The summed E-state index contributed by atoms with van der Waals surface area (Å²) >= 11 is 0. The van der Waals surface area contributed by atoms with Crippen LogP contribution in [0.2, 0.25) is 0 Å². The van der Waals surface area contributed by atoms with Crippen molar-refractivity contribution in [3.05, 3.63) is 55.0 Å².